The minimum Gasteiger partial charge on any atom is -0.494 e. The first-order valence-electron chi connectivity index (χ1n) is 8.51. The zero-order chi connectivity index (χ0) is 18.7. The number of para-hydroxylation sites is 1. The molecule has 3 N–H and O–H groups in total. The molecule has 1 fully saturated rings. The van der Waals surface area contributed by atoms with Crippen molar-refractivity contribution < 1.29 is 9.90 Å². The Morgan fingerprint density at radius 3 is 2.88 bits per heavy atom. The van der Waals surface area contributed by atoms with Gasteiger partial charge in [0.1, 0.15) is 5.56 Å². The van der Waals surface area contributed by atoms with Gasteiger partial charge in [-0.05, 0) is 43.6 Å². The fourth-order valence-electron chi connectivity index (χ4n) is 2.53. The number of rotatable bonds is 6. The number of carbonyl (C=O) groups excluding carboxylic acids is 1. The Kier molecular flexibility index (Phi) is 5.32. The number of aromatic amines is 1. The summed E-state index contributed by atoms with van der Waals surface area (Å²) < 4.78 is 1.61. The van der Waals surface area contributed by atoms with Crippen LogP contribution in [0.25, 0.3) is 0 Å². The number of nitrogens with one attached hydrogen (secondary N) is 2. The van der Waals surface area contributed by atoms with Gasteiger partial charge in [-0.1, -0.05) is 19.1 Å². The predicted molar refractivity (Wildman–Crippen MR) is 102 cm³/mol. The third-order valence-corrected chi connectivity index (χ3v) is 4.37. The molecule has 0 radical (unpaired) electrons. The monoisotopic (exact) mass is 372 g/mol. The smallest absolute Gasteiger partial charge is 0.264 e. The molecule has 0 unspecified atom stereocenters. The largest absolute Gasteiger partial charge is 0.494 e. The predicted octanol–water partition coefficient (Wildman–Crippen LogP) is 2.66. The van der Waals surface area contributed by atoms with E-state index in [1.165, 1.54) is 10.8 Å². The van der Waals surface area contributed by atoms with E-state index in [0.29, 0.717) is 17.8 Å². The molecule has 1 aliphatic carbocycles. The Balaban J connectivity index is 1.96. The molecule has 2 aromatic rings. The first-order valence-corrected chi connectivity index (χ1v) is 8.92. The van der Waals surface area contributed by atoms with E-state index in [9.17, 15) is 14.7 Å². The summed E-state index contributed by atoms with van der Waals surface area (Å²) in [6.07, 6.45) is 3.99. The van der Waals surface area contributed by atoms with E-state index in [4.69, 9.17) is 12.2 Å². The highest BCUT2D eigenvalue weighted by atomic mass is 32.1. The number of H-pyrrole nitrogens is 1. The average Bonchev–Trinajstić information content (AvgIpc) is 3.42. The van der Waals surface area contributed by atoms with E-state index in [0.717, 1.165) is 19.3 Å². The molecular formula is C18H20N4O3S. The quantitative estimate of drug-likeness (QED) is 0.536. The molecule has 3 rings (SSSR count). The van der Waals surface area contributed by atoms with Gasteiger partial charge < -0.3 is 10.4 Å². The molecule has 26 heavy (non-hydrogen) atoms. The lowest BCUT2D eigenvalue weighted by Gasteiger charge is -2.10. The molecule has 0 spiro atoms. The van der Waals surface area contributed by atoms with E-state index in [2.05, 4.69) is 15.3 Å². The van der Waals surface area contributed by atoms with E-state index in [1.54, 1.807) is 24.3 Å². The van der Waals surface area contributed by atoms with Crippen LogP contribution in [0.3, 0.4) is 0 Å². The summed E-state index contributed by atoms with van der Waals surface area (Å²) in [5, 5.41) is 13.3. The van der Waals surface area contributed by atoms with Crippen LogP contribution in [0.2, 0.25) is 0 Å². The Hall–Kier alpha value is -2.74. The van der Waals surface area contributed by atoms with Crippen molar-refractivity contribution >= 4 is 30.0 Å². The maximum atomic E-state index is 12.3. The number of amides is 1. The molecule has 1 aromatic carbocycles. The van der Waals surface area contributed by atoms with Crippen molar-refractivity contribution in [3.63, 3.8) is 0 Å². The Morgan fingerprint density at radius 2 is 2.19 bits per heavy atom. The van der Waals surface area contributed by atoms with E-state index >= 15 is 0 Å². The van der Waals surface area contributed by atoms with Crippen molar-refractivity contribution in [3.8, 4) is 5.88 Å². The van der Waals surface area contributed by atoms with Crippen LogP contribution in [0.1, 0.15) is 42.1 Å². The first kappa shape index (κ1) is 18.1. The van der Waals surface area contributed by atoms with Gasteiger partial charge >= 0.3 is 0 Å². The number of aliphatic imine (C=N–C) groups is 1. The van der Waals surface area contributed by atoms with Crippen molar-refractivity contribution in [3.05, 3.63) is 50.5 Å². The van der Waals surface area contributed by atoms with Gasteiger partial charge in [0.15, 0.2) is 4.77 Å². The number of carbonyl (C=O) groups is 1. The summed E-state index contributed by atoms with van der Waals surface area (Å²) in [5.74, 6) is -0.426. The standard InChI is InChI=1S/C18H20N4O3S/c1-2-9-22-17(25)13(16(24)21-18(22)26)10-19-14-6-4-3-5-12(14)15(23)20-11-7-8-11/h3-6,10-11,25H,2,7-9H2,1H3,(H,20,23)(H,21,24,26). The van der Waals surface area contributed by atoms with Gasteiger partial charge in [-0.2, -0.15) is 0 Å². The number of aromatic nitrogens is 2. The van der Waals surface area contributed by atoms with E-state index in [-0.39, 0.29) is 28.2 Å². The summed E-state index contributed by atoms with van der Waals surface area (Å²) in [6.45, 7) is 2.41. The van der Waals surface area contributed by atoms with Crippen LogP contribution >= 0.6 is 12.2 Å². The molecule has 1 amide bonds. The molecule has 0 bridgehead atoms. The number of benzene rings is 1. The topological polar surface area (TPSA) is 99.5 Å². The van der Waals surface area contributed by atoms with Crippen molar-refractivity contribution in [1.82, 2.24) is 14.9 Å². The molecule has 7 nitrogen and oxygen atoms in total. The minimum absolute atomic E-state index is 0.00412. The Labute approximate surface area is 155 Å². The van der Waals surface area contributed by atoms with Crippen LogP contribution in [0.5, 0.6) is 5.88 Å². The minimum atomic E-state index is -0.525. The molecule has 0 aliphatic heterocycles. The highest BCUT2D eigenvalue weighted by Gasteiger charge is 2.24. The molecule has 8 heteroatoms. The lowest BCUT2D eigenvalue weighted by molar-refractivity contribution is 0.0952. The van der Waals surface area contributed by atoms with E-state index in [1.807, 2.05) is 6.92 Å². The zero-order valence-corrected chi connectivity index (χ0v) is 15.2. The third kappa shape index (κ3) is 3.91. The first-order chi connectivity index (χ1) is 12.5. The van der Waals surface area contributed by atoms with Gasteiger partial charge in [0.25, 0.3) is 11.5 Å². The zero-order valence-electron chi connectivity index (χ0n) is 14.4. The fourth-order valence-corrected chi connectivity index (χ4v) is 2.80. The summed E-state index contributed by atoms with van der Waals surface area (Å²) in [6, 6.07) is 7.11. The molecule has 1 aromatic heterocycles. The van der Waals surface area contributed by atoms with Crippen molar-refractivity contribution in [2.75, 3.05) is 0 Å². The molecule has 1 heterocycles. The molecule has 0 atom stereocenters. The second-order valence-corrected chi connectivity index (χ2v) is 6.56. The number of nitrogens with zero attached hydrogens (tertiary/aromatic N) is 2. The number of hydrogen-bond acceptors (Lipinski definition) is 5. The summed E-state index contributed by atoms with van der Waals surface area (Å²) >= 11 is 5.08. The second kappa shape index (κ2) is 7.65. The van der Waals surface area contributed by atoms with Gasteiger partial charge in [0.2, 0.25) is 5.88 Å². The summed E-state index contributed by atoms with van der Waals surface area (Å²) in [4.78, 5) is 31.3. The van der Waals surface area contributed by atoms with Crippen LogP contribution in [0, 0.1) is 4.77 Å². The van der Waals surface area contributed by atoms with Gasteiger partial charge in [-0.25, -0.2) is 0 Å². The van der Waals surface area contributed by atoms with Gasteiger partial charge in [0.05, 0.1) is 11.3 Å². The normalized spacial score (nSPS) is 13.9. The van der Waals surface area contributed by atoms with Crippen molar-refractivity contribution in [1.29, 1.82) is 0 Å². The lowest BCUT2D eigenvalue weighted by Crippen LogP contribution is -2.25. The summed E-state index contributed by atoms with van der Waals surface area (Å²) in [5.41, 5.74) is 0.329. The highest BCUT2D eigenvalue weighted by molar-refractivity contribution is 7.71. The molecule has 136 valence electrons. The van der Waals surface area contributed by atoms with Gasteiger partial charge in [-0.15, -0.1) is 0 Å². The van der Waals surface area contributed by atoms with Gasteiger partial charge in [0, 0.05) is 18.8 Å². The van der Waals surface area contributed by atoms with Crippen molar-refractivity contribution in [2.24, 2.45) is 4.99 Å². The number of hydrogen-bond donors (Lipinski definition) is 3. The molecular weight excluding hydrogens is 352 g/mol. The summed E-state index contributed by atoms with van der Waals surface area (Å²) in [7, 11) is 0. The molecule has 1 saturated carbocycles. The molecule has 0 saturated heterocycles. The van der Waals surface area contributed by atoms with Crippen LogP contribution in [0.4, 0.5) is 5.69 Å². The maximum absolute atomic E-state index is 12.3. The fraction of sp³-hybridized carbons (Fsp3) is 0.333. The third-order valence-electron chi connectivity index (χ3n) is 4.05. The van der Waals surface area contributed by atoms with Crippen LogP contribution in [0.15, 0.2) is 34.1 Å². The Morgan fingerprint density at radius 1 is 1.46 bits per heavy atom. The molecule has 1 aliphatic rings. The van der Waals surface area contributed by atoms with Crippen LogP contribution in [-0.4, -0.2) is 32.8 Å². The van der Waals surface area contributed by atoms with Crippen molar-refractivity contribution in [2.45, 2.75) is 38.8 Å². The van der Waals surface area contributed by atoms with Gasteiger partial charge in [-0.3, -0.25) is 24.1 Å². The average molecular weight is 372 g/mol. The van der Waals surface area contributed by atoms with E-state index < -0.39 is 5.56 Å². The number of aromatic hydroxyl groups is 1. The van der Waals surface area contributed by atoms with Crippen LogP contribution < -0.4 is 10.9 Å². The highest BCUT2D eigenvalue weighted by Crippen LogP contribution is 2.23. The Bertz CT molecular complexity index is 973. The lowest BCUT2D eigenvalue weighted by atomic mass is 10.1. The SMILES string of the molecule is CCCn1c(O)c(C=Nc2ccccc2C(=O)NC2CC2)c(=O)[nH]c1=S. The second-order valence-electron chi connectivity index (χ2n) is 6.17. The maximum Gasteiger partial charge on any atom is 0.264 e. The van der Waals surface area contributed by atoms with Crippen LogP contribution in [-0.2, 0) is 6.54 Å².